The highest BCUT2D eigenvalue weighted by Crippen LogP contribution is 2.42. The van der Waals surface area contributed by atoms with Crippen molar-refractivity contribution in [3.8, 4) is 5.75 Å². The first-order chi connectivity index (χ1) is 18.9. The summed E-state index contributed by atoms with van der Waals surface area (Å²) < 4.78 is 10.5. The number of methoxy groups -OCH3 is 1. The van der Waals surface area contributed by atoms with Crippen LogP contribution in [0.5, 0.6) is 5.75 Å². The van der Waals surface area contributed by atoms with Gasteiger partial charge in [-0.05, 0) is 71.0 Å². The van der Waals surface area contributed by atoms with E-state index >= 15 is 0 Å². The number of rotatable bonds is 7. The van der Waals surface area contributed by atoms with Gasteiger partial charge in [0.1, 0.15) is 11.5 Å². The SMILES string of the molecule is COC(=O)c1ccc(N2C(=O)C(=O)/C(=C(/O)c3ccc(OCC(C)C)cc3)C2c2ccc(C(C)(C)C)cc2)cc1. The van der Waals surface area contributed by atoms with Crippen molar-refractivity contribution in [2.75, 3.05) is 18.6 Å². The molecule has 1 atom stereocenters. The molecule has 1 fully saturated rings. The summed E-state index contributed by atoms with van der Waals surface area (Å²) in [6.45, 7) is 11.0. The molecule has 0 radical (unpaired) electrons. The van der Waals surface area contributed by atoms with Crippen LogP contribution in [-0.2, 0) is 19.7 Å². The fourth-order valence-electron chi connectivity index (χ4n) is 4.58. The summed E-state index contributed by atoms with van der Waals surface area (Å²) in [7, 11) is 1.29. The van der Waals surface area contributed by atoms with Gasteiger partial charge in [0.15, 0.2) is 0 Å². The Balaban J connectivity index is 1.82. The van der Waals surface area contributed by atoms with Crippen LogP contribution in [0.15, 0.2) is 78.4 Å². The van der Waals surface area contributed by atoms with Crippen LogP contribution in [0.1, 0.15) is 67.7 Å². The van der Waals surface area contributed by atoms with Crippen LogP contribution in [0.25, 0.3) is 5.76 Å². The van der Waals surface area contributed by atoms with Gasteiger partial charge in [0.25, 0.3) is 11.7 Å². The van der Waals surface area contributed by atoms with Crippen molar-refractivity contribution in [1.29, 1.82) is 0 Å². The van der Waals surface area contributed by atoms with Crippen LogP contribution >= 0.6 is 0 Å². The molecule has 1 unspecified atom stereocenters. The lowest BCUT2D eigenvalue weighted by atomic mass is 9.85. The van der Waals surface area contributed by atoms with E-state index in [1.807, 2.05) is 24.3 Å². The molecule has 0 saturated carbocycles. The van der Waals surface area contributed by atoms with Crippen molar-refractivity contribution in [1.82, 2.24) is 0 Å². The highest BCUT2D eigenvalue weighted by molar-refractivity contribution is 6.51. The molecule has 1 N–H and O–H groups in total. The van der Waals surface area contributed by atoms with E-state index < -0.39 is 23.7 Å². The Morgan fingerprint density at radius 1 is 0.900 bits per heavy atom. The first-order valence-electron chi connectivity index (χ1n) is 13.3. The van der Waals surface area contributed by atoms with Crippen LogP contribution in [0.2, 0.25) is 0 Å². The Hall–Kier alpha value is -4.39. The molecule has 3 aromatic rings. The number of carbonyl (C=O) groups is 3. The second-order valence-corrected chi connectivity index (χ2v) is 11.3. The molecule has 40 heavy (non-hydrogen) atoms. The van der Waals surface area contributed by atoms with Gasteiger partial charge in [-0.3, -0.25) is 14.5 Å². The molecule has 4 rings (SSSR count). The summed E-state index contributed by atoms with van der Waals surface area (Å²) in [4.78, 5) is 40.2. The third kappa shape index (κ3) is 5.78. The number of benzene rings is 3. The van der Waals surface area contributed by atoms with E-state index in [2.05, 4.69) is 34.6 Å². The number of hydrogen-bond acceptors (Lipinski definition) is 6. The lowest BCUT2D eigenvalue weighted by Gasteiger charge is -2.26. The third-order valence-electron chi connectivity index (χ3n) is 6.81. The Kier molecular flexibility index (Phi) is 8.14. The number of anilines is 1. The molecule has 0 aromatic heterocycles. The van der Waals surface area contributed by atoms with Gasteiger partial charge in [0.05, 0.1) is 30.9 Å². The summed E-state index contributed by atoms with van der Waals surface area (Å²) in [5.41, 5.74) is 2.78. The van der Waals surface area contributed by atoms with Gasteiger partial charge in [-0.1, -0.05) is 58.9 Å². The zero-order valence-corrected chi connectivity index (χ0v) is 23.7. The number of aliphatic hydroxyl groups excluding tert-OH is 1. The van der Waals surface area contributed by atoms with Crippen molar-refractivity contribution in [3.05, 3.63) is 101 Å². The number of carbonyl (C=O) groups excluding carboxylic acids is 3. The van der Waals surface area contributed by atoms with Crippen LogP contribution in [0, 0.1) is 5.92 Å². The molecule has 1 heterocycles. The van der Waals surface area contributed by atoms with E-state index in [-0.39, 0.29) is 16.7 Å². The smallest absolute Gasteiger partial charge is 0.337 e. The molecule has 3 aromatic carbocycles. The van der Waals surface area contributed by atoms with Gasteiger partial charge in [-0.2, -0.15) is 0 Å². The van der Waals surface area contributed by atoms with Crippen molar-refractivity contribution >= 4 is 29.1 Å². The van der Waals surface area contributed by atoms with Gasteiger partial charge in [0, 0.05) is 11.3 Å². The topological polar surface area (TPSA) is 93.1 Å². The average molecular weight is 542 g/mol. The zero-order chi connectivity index (χ0) is 29.2. The number of ketones is 1. The monoisotopic (exact) mass is 541 g/mol. The molecule has 7 nitrogen and oxygen atoms in total. The summed E-state index contributed by atoms with van der Waals surface area (Å²) in [6.07, 6.45) is 0. The maximum atomic E-state index is 13.5. The van der Waals surface area contributed by atoms with E-state index in [4.69, 9.17) is 9.47 Å². The minimum absolute atomic E-state index is 0.0126. The van der Waals surface area contributed by atoms with Crippen molar-refractivity contribution in [2.45, 2.75) is 46.1 Å². The number of Topliss-reactive ketones (excluding diaryl/α,β-unsaturated/α-hetero) is 1. The predicted octanol–water partition coefficient (Wildman–Crippen LogP) is 6.43. The van der Waals surface area contributed by atoms with Crippen molar-refractivity contribution in [3.63, 3.8) is 0 Å². The van der Waals surface area contributed by atoms with Crippen molar-refractivity contribution < 1.29 is 29.0 Å². The van der Waals surface area contributed by atoms with Crippen LogP contribution < -0.4 is 9.64 Å². The minimum atomic E-state index is -0.880. The normalized spacial score (nSPS) is 16.9. The molecule has 1 amide bonds. The molecule has 7 heteroatoms. The molecule has 0 spiro atoms. The second kappa shape index (κ2) is 11.4. The second-order valence-electron chi connectivity index (χ2n) is 11.3. The van der Waals surface area contributed by atoms with E-state index in [1.54, 1.807) is 36.4 Å². The predicted molar refractivity (Wildman–Crippen MR) is 154 cm³/mol. The van der Waals surface area contributed by atoms with Crippen LogP contribution in [-0.4, -0.2) is 36.5 Å². The van der Waals surface area contributed by atoms with Gasteiger partial charge in [-0.25, -0.2) is 4.79 Å². The van der Waals surface area contributed by atoms with E-state index in [1.165, 1.54) is 24.1 Å². The summed E-state index contributed by atoms with van der Waals surface area (Å²) in [5, 5.41) is 11.4. The summed E-state index contributed by atoms with van der Waals surface area (Å²) in [6, 6.07) is 19.9. The fourth-order valence-corrected chi connectivity index (χ4v) is 4.58. The zero-order valence-electron chi connectivity index (χ0n) is 23.7. The van der Waals surface area contributed by atoms with Gasteiger partial charge in [0.2, 0.25) is 0 Å². The molecule has 1 aliphatic rings. The lowest BCUT2D eigenvalue weighted by molar-refractivity contribution is -0.132. The fraction of sp³-hybridized carbons (Fsp3) is 0.303. The standard InChI is InChI=1S/C33H35NO6/c1-20(2)19-40-26-17-11-22(12-18-26)29(35)27-28(21-7-13-24(14-8-21)33(3,4)5)34(31(37)30(27)36)25-15-9-23(10-16-25)32(38)39-6/h7-18,20,28,35H,19H2,1-6H3/b29-27+. The molecule has 1 saturated heterocycles. The highest BCUT2D eigenvalue weighted by atomic mass is 16.5. The minimum Gasteiger partial charge on any atom is -0.507 e. The summed E-state index contributed by atoms with van der Waals surface area (Å²) in [5.74, 6) is -1.34. The Morgan fingerprint density at radius 3 is 2.00 bits per heavy atom. The average Bonchev–Trinajstić information content (AvgIpc) is 3.21. The molecular weight excluding hydrogens is 506 g/mol. The maximum Gasteiger partial charge on any atom is 0.337 e. The Bertz CT molecular complexity index is 1430. The molecule has 0 bridgehead atoms. The van der Waals surface area contributed by atoms with Crippen molar-refractivity contribution in [2.24, 2.45) is 5.92 Å². The molecule has 0 aliphatic carbocycles. The van der Waals surface area contributed by atoms with Crippen LogP contribution in [0.4, 0.5) is 5.69 Å². The number of hydrogen-bond donors (Lipinski definition) is 1. The van der Waals surface area contributed by atoms with E-state index in [0.717, 1.165) is 5.56 Å². The maximum absolute atomic E-state index is 13.5. The van der Waals surface area contributed by atoms with Gasteiger partial charge >= 0.3 is 5.97 Å². The first-order valence-corrected chi connectivity index (χ1v) is 13.3. The van der Waals surface area contributed by atoms with Gasteiger partial charge in [-0.15, -0.1) is 0 Å². The van der Waals surface area contributed by atoms with Crippen LogP contribution in [0.3, 0.4) is 0 Å². The quantitative estimate of drug-likeness (QED) is 0.160. The lowest BCUT2D eigenvalue weighted by Crippen LogP contribution is -2.29. The molecule has 1 aliphatic heterocycles. The largest absolute Gasteiger partial charge is 0.507 e. The molecule has 208 valence electrons. The number of esters is 1. The number of aliphatic hydroxyl groups is 1. The number of ether oxygens (including phenoxy) is 2. The van der Waals surface area contributed by atoms with E-state index in [9.17, 15) is 19.5 Å². The number of nitrogens with zero attached hydrogens (tertiary/aromatic N) is 1. The van der Waals surface area contributed by atoms with Gasteiger partial charge < -0.3 is 14.6 Å². The first kappa shape index (κ1) is 28.6. The number of amides is 1. The Labute approximate surface area is 235 Å². The van der Waals surface area contributed by atoms with E-state index in [0.29, 0.717) is 40.7 Å². The third-order valence-corrected chi connectivity index (χ3v) is 6.81. The molecular formula is C33H35NO6. The summed E-state index contributed by atoms with van der Waals surface area (Å²) >= 11 is 0. The Morgan fingerprint density at radius 2 is 1.48 bits per heavy atom. The highest BCUT2D eigenvalue weighted by Gasteiger charge is 2.47.